The summed E-state index contributed by atoms with van der Waals surface area (Å²) in [7, 11) is 0. The number of nitrogens with zero attached hydrogens (tertiary/aromatic N) is 2. The third-order valence-electron chi connectivity index (χ3n) is 1.86. The summed E-state index contributed by atoms with van der Waals surface area (Å²) in [6.07, 6.45) is 1.42. The molecule has 5 heteroatoms. The van der Waals surface area contributed by atoms with Crippen molar-refractivity contribution in [2.75, 3.05) is 0 Å². The Hall–Kier alpha value is -0.590. The standard InChI is InChI=1S/C9H13IN2O2/c1-9(2,3)12-7(4-10)6(5-11-12)8(13)14/h5H,4H2,1-3H3,(H,13,14). The van der Waals surface area contributed by atoms with Crippen LogP contribution in [0.25, 0.3) is 0 Å². The van der Waals surface area contributed by atoms with Crippen molar-refractivity contribution in [1.29, 1.82) is 0 Å². The summed E-state index contributed by atoms with van der Waals surface area (Å²) >= 11 is 2.15. The van der Waals surface area contributed by atoms with E-state index in [2.05, 4.69) is 27.7 Å². The van der Waals surface area contributed by atoms with Gasteiger partial charge in [-0.05, 0) is 20.8 Å². The van der Waals surface area contributed by atoms with Gasteiger partial charge in [-0.25, -0.2) is 4.79 Å². The van der Waals surface area contributed by atoms with E-state index < -0.39 is 5.97 Å². The fourth-order valence-electron chi connectivity index (χ4n) is 1.26. The lowest BCUT2D eigenvalue weighted by Crippen LogP contribution is -2.25. The van der Waals surface area contributed by atoms with Crippen LogP contribution in [0.15, 0.2) is 6.20 Å². The van der Waals surface area contributed by atoms with Crippen LogP contribution in [0, 0.1) is 0 Å². The minimum absolute atomic E-state index is 0.172. The van der Waals surface area contributed by atoms with Gasteiger partial charge in [-0.3, -0.25) is 4.68 Å². The van der Waals surface area contributed by atoms with Gasteiger partial charge in [-0.1, -0.05) is 22.6 Å². The molecule has 4 nitrogen and oxygen atoms in total. The van der Waals surface area contributed by atoms with E-state index in [1.807, 2.05) is 20.8 Å². The first-order valence-electron chi connectivity index (χ1n) is 4.24. The highest BCUT2D eigenvalue weighted by Gasteiger charge is 2.22. The molecule has 0 aliphatic rings. The van der Waals surface area contributed by atoms with Crippen LogP contribution in [0.3, 0.4) is 0 Å². The van der Waals surface area contributed by atoms with Gasteiger partial charge in [0.15, 0.2) is 0 Å². The minimum Gasteiger partial charge on any atom is -0.478 e. The monoisotopic (exact) mass is 308 g/mol. The molecule has 1 rings (SSSR count). The molecule has 0 saturated carbocycles. The molecule has 0 bridgehead atoms. The zero-order valence-corrected chi connectivity index (χ0v) is 10.6. The Kier molecular flexibility index (Phi) is 3.18. The van der Waals surface area contributed by atoms with E-state index in [0.29, 0.717) is 9.99 Å². The Balaban J connectivity index is 3.28. The second kappa shape index (κ2) is 3.88. The molecule has 0 saturated heterocycles. The molecule has 1 aromatic rings. The van der Waals surface area contributed by atoms with Gasteiger partial charge in [0, 0.05) is 4.43 Å². The number of alkyl halides is 1. The molecule has 0 spiro atoms. The average molecular weight is 308 g/mol. The number of carboxylic acids is 1. The molecule has 1 N–H and O–H groups in total. The van der Waals surface area contributed by atoms with Gasteiger partial charge in [0.25, 0.3) is 0 Å². The van der Waals surface area contributed by atoms with Gasteiger partial charge in [-0.15, -0.1) is 0 Å². The first-order valence-corrected chi connectivity index (χ1v) is 5.77. The largest absolute Gasteiger partial charge is 0.478 e. The molecule has 0 amide bonds. The summed E-state index contributed by atoms with van der Waals surface area (Å²) < 4.78 is 2.42. The lowest BCUT2D eigenvalue weighted by Gasteiger charge is -2.21. The van der Waals surface area contributed by atoms with E-state index in [-0.39, 0.29) is 5.54 Å². The van der Waals surface area contributed by atoms with Gasteiger partial charge in [0.1, 0.15) is 5.56 Å². The Morgan fingerprint density at radius 3 is 2.57 bits per heavy atom. The number of carboxylic acid groups (broad SMARTS) is 1. The molecule has 0 unspecified atom stereocenters. The summed E-state index contributed by atoms with van der Waals surface area (Å²) in [6, 6.07) is 0. The van der Waals surface area contributed by atoms with Crippen LogP contribution >= 0.6 is 22.6 Å². The van der Waals surface area contributed by atoms with Crippen LogP contribution in [0.1, 0.15) is 36.8 Å². The lowest BCUT2D eigenvalue weighted by atomic mass is 10.1. The van der Waals surface area contributed by atoms with Gasteiger partial charge < -0.3 is 5.11 Å². The summed E-state index contributed by atoms with van der Waals surface area (Å²) in [5.74, 6) is -0.910. The zero-order valence-electron chi connectivity index (χ0n) is 8.41. The second-order valence-electron chi connectivity index (χ2n) is 4.03. The normalized spacial score (nSPS) is 11.7. The highest BCUT2D eigenvalue weighted by molar-refractivity contribution is 14.1. The fraction of sp³-hybridized carbons (Fsp3) is 0.556. The first kappa shape index (κ1) is 11.5. The van der Waals surface area contributed by atoms with E-state index in [4.69, 9.17) is 5.11 Å². The van der Waals surface area contributed by atoms with Gasteiger partial charge in [-0.2, -0.15) is 5.10 Å². The number of aromatic nitrogens is 2. The van der Waals surface area contributed by atoms with Crippen molar-refractivity contribution in [2.45, 2.75) is 30.7 Å². The fourth-order valence-corrected chi connectivity index (χ4v) is 1.99. The molecule has 0 aromatic carbocycles. The van der Waals surface area contributed by atoms with Crippen molar-refractivity contribution >= 4 is 28.6 Å². The number of rotatable bonds is 2. The molecule has 0 aliphatic heterocycles. The molecule has 1 aromatic heterocycles. The van der Waals surface area contributed by atoms with Crippen molar-refractivity contribution in [3.63, 3.8) is 0 Å². The average Bonchev–Trinajstić information content (AvgIpc) is 2.45. The number of halogens is 1. The second-order valence-corrected chi connectivity index (χ2v) is 4.79. The topological polar surface area (TPSA) is 55.1 Å². The maximum Gasteiger partial charge on any atom is 0.339 e. The van der Waals surface area contributed by atoms with Crippen LogP contribution in [0.4, 0.5) is 0 Å². The number of aromatic carboxylic acids is 1. The maximum atomic E-state index is 10.9. The van der Waals surface area contributed by atoms with Crippen LogP contribution in [0.5, 0.6) is 0 Å². The Morgan fingerprint density at radius 1 is 1.64 bits per heavy atom. The molecule has 0 radical (unpaired) electrons. The van der Waals surface area contributed by atoms with Crippen LogP contribution in [-0.2, 0) is 9.97 Å². The highest BCUT2D eigenvalue weighted by atomic mass is 127. The third-order valence-corrected chi connectivity index (χ3v) is 2.58. The first-order chi connectivity index (χ1) is 6.38. The molecule has 0 atom stereocenters. The summed E-state index contributed by atoms with van der Waals surface area (Å²) in [5.41, 5.74) is 0.897. The number of hydrogen-bond acceptors (Lipinski definition) is 2. The van der Waals surface area contributed by atoms with Crippen molar-refractivity contribution in [1.82, 2.24) is 9.78 Å². The van der Waals surface area contributed by atoms with Crippen LogP contribution in [-0.4, -0.2) is 20.9 Å². The predicted molar refractivity (Wildman–Crippen MR) is 61.9 cm³/mol. The van der Waals surface area contributed by atoms with Crippen LogP contribution < -0.4 is 0 Å². The van der Waals surface area contributed by atoms with E-state index in [1.165, 1.54) is 6.20 Å². The maximum absolute atomic E-state index is 10.9. The van der Waals surface area contributed by atoms with Gasteiger partial charge >= 0.3 is 5.97 Å². The Bertz CT molecular complexity index is 352. The van der Waals surface area contributed by atoms with Crippen molar-refractivity contribution in [2.24, 2.45) is 0 Å². The molecular weight excluding hydrogens is 295 g/mol. The van der Waals surface area contributed by atoms with E-state index in [1.54, 1.807) is 4.68 Å². The van der Waals surface area contributed by atoms with Crippen molar-refractivity contribution in [3.05, 3.63) is 17.5 Å². The molecule has 1 heterocycles. The van der Waals surface area contributed by atoms with Crippen molar-refractivity contribution < 1.29 is 9.90 Å². The Morgan fingerprint density at radius 2 is 2.21 bits per heavy atom. The number of hydrogen-bond donors (Lipinski definition) is 1. The SMILES string of the molecule is CC(C)(C)n1ncc(C(=O)O)c1CI. The predicted octanol–water partition coefficient (Wildman–Crippen LogP) is 2.27. The molecule has 14 heavy (non-hydrogen) atoms. The Labute approximate surface area is 96.4 Å². The molecular formula is C9H13IN2O2. The zero-order chi connectivity index (χ0) is 10.9. The third kappa shape index (κ3) is 2.08. The smallest absolute Gasteiger partial charge is 0.339 e. The minimum atomic E-state index is -0.910. The molecule has 0 aliphatic carbocycles. The lowest BCUT2D eigenvalue weighted by molar-refractivity contribution is 0.0695. The highest BCUT2D eigenvalue weighted by Crippen LogP contribution is 2.21. The molecule has 0 fully saturated rings. The molecule has 78 valence electrons. The van der Waals surface area contributed by atoms with Crippen molar-refractivity contribution in [3.8, 4) is 0 Å². The van der Waals surface area contributed by atoms with E-state index in [9.17, 15) is 4.79 Å². The van der Waals surface area contributed by atoms with Crippen LogP contribution in [0.2, 0.25) is 0 Å². The van der Waals surface area contributed by atoms with Gasteiger partial charge in [0.05, 0.1) is 17.4 Å². The van der Waals surface area contributed by atoms with E-state index >= 15 is 0 Å². The van der Waals surface area contributed by atoms with Gasteiger partial charge in [0.2, 0.25) is 0 Å². The summed E-state index contributed by atoms with van der Waals surface area (Å²) in [6.45, 7) is 6.00. The van der Waals surface area contributed by atoms with E-state index in [0.717, 1.165) is 5.69 Å². The quantitative estimate of drug-likeness (QED) is 0.673. The number of carbonyl (C=O) groups is 1. The summed E-state index contributed by atoms with van der Waals surface area (Å²) in [5, 5.41) is 13.0. The summed E-state index contributed by atoms with van der Waals surface area (Å²) in [4.78, 5) is 10.9.